The standard InChI is InChI=1S/C12H11BrN2O3/c13-8-2-1-7(4-14)10(3-8)15-11-6-18-5-9(11)12(16)17/h1-3,9,11,15H,5-6H2,(H,16,17). The van der Waals surface area contributed by atoms with Crippen molar-refractivity contribution in [3.05, 3.63) is 28.2 Å². The van der Waals surface area contributed by atoms with Crippen LogP contribution in [0, 0.1) is 17.2 Å². The zero-order valence-electron chi connectivity index (χ0n) is 9.39. The first-order valence-electron chi connectivity index (χ1n) is 5.38. The van der Waals surface area contributed by atoms with Gasteiger partial charge in [-0.15, -0.1) is 0 Å². The quantitative estimate of drug-likeness (QED) is 0.890. The number of hydrogen-bond acceptors (Lipinski definition) is 4. The number of rotatable bonds is 3. The van der Waals surface area contributed by atoms with Crippen LogP contribution in [0.3, 0.4) is 0 Å². The molecule has 0 bridgehead atoms. The molecular formula is C12H11BrN2O3. The number of halogens is 1. The first kappa shape index (κ1) is 12.9. The Hall–Kier alpha value is -1.58. The third-order valence-corrected chi connectivity index (χ3v) is 3.33. The molecule has 5 nitrogen and oxygen atoms in total. The lowest BCUT2D eigenvalue weighted by Gasteiger charge is -2.18. The van der Waals surface area contributed by atoms with Gasteiger partial charge in [-0.2, -0.15) is 5.26 Å². The van der Waals surface area contributed by atoms with Gasteiger partial charge in [-0.3, -0.25) is 4.79 Å². The van der Waals surface area contributed by atoms with E-state index in [4.69, 9.17) is 15.1 Å². The van der Waals surface area contributed by atoms with Gasteiger partial charge in [0.25, 0.3) is 0 Å². The number of carbonyl (C=O) groups is 1. The summed E-state index contributed by atoms with van der Waals surface area (Å²) in [7, 11) is 0. The molecule has 18 heavy (non-hydrogen) atoms. The molecule has 0 amide bonds. The summed E-state index contributed by atoms with van der Waals surface area (Å²) in [5.41, 5.74) is 1.10. The van der Waals surface area contributed by atoms with Gasteiger partial charge in [-0.1, -0.05) is 15.9 Å². The highest BCUT2D eigenvalue weighted by molar-refractivity contribution is 9.10. The third kappa shape index (κ3) is 2.63. The lowest BCUT2D eigenvalue weighted by molar-refractivity contribution is -0.141. The highest BCUT2D eigenvalue weighted by Gasteiger charge is 2.34. The van der Waals surface area contributed by atoms with Gasteiger partial charge >= 0.3 is 5.97 Å². The van der Waals surface area contributed by atoms with Crippen LogP contribution in [0.2, 0.25) is 0 Å². The smallest absolute Gasteiger partial charge is 0.311 e. The Bertz CT molecular complexity index is 513. The molecule has 0 aliphatic carbocycles. The lowest BCUT2D eigenvalue weighted by Crippen LogP contribution is -2.33. The molecule has 2 N–H and O–H groups in total. The minimum absolute atomic E-state index is 0.197. The van der Waals surface area contributed by atoms with Crippen molar-refractivity contribution in [2.24, 2.45) is 5.92 Å². The molecule has 1 heterocycles. The number of ether oxygens (including phenoxy) is 1. The lowest BCUT2D eigenvalue weighted by atomic mass is 10.0. The van der Waals surface area contributed by atoms with Crippen molar-refractivity contribution in [1.82, 2.24) is 0 Å². The number of hydrogen-bond donors (Lipinski definition) is 2. The van der Waals surface area contributed by atoms with Crippen molar-refractivity contribution >= 4 is 27.6 Å². The van der Waals surface area contributed by atoms with E-state index in [1.165, 1.54) is 0 Å². The first-order chi connectivity index (χ1) is 8.61. The molecule has 2 unspecified atom stereocenters. The highest BCUT2D eigenvalue weighted by Crippen LogP contribution is 2.25. The Morgan fingerprint density at radius 2 is 2.33 bits per heavy atom. The van der Waals surface area contributed by atoms with Crippen molar-refractivity contribution in [2.75, 3.05) is 18.5 Å². The summed E-state index contributed by atoms with van der Waals surface area (Å²) in [6.45, 7) is 0.525. The summed E-state index contributed by atoms with van der Waals surface area (Å²) in [6.07, 6.45) is 0. The summed E-state index contributed by atoms with van der Waals surface area (Å²) in [5, 5.41) is 21.1. The Labute approximate surface area is 112 Å². The number of anilines is 1. The largest absolute Gasteiger partial charge is 0.481 e. The molecule has 1 fully saturated rings. The van der Waals surface area contributed by atoms with Crippen molar-refractivity contribution < 1.29 is 14.6 Å². The van der Waals surface area contributed by atoms with E-state index in [0.717, 1.165) is 4.47 Å². The second-order valence-electron chi connectivity index (χ2n) is 4.03. The van der Waals surface area contributed by atoms with Crippen molar-refractivity contribution in [2.45, 2.75) is 6.04 Å². The molecule has 1 aromatic carbocycles. The van der Waals surface area contributed by atoms with E-state index in [-0.39, 0.29) is 12.6 Å². The molecule has 94 valence electrons. The van der Waals surface area contributed by atoms with Crippen LogP contribution < -0.4 is 5.32 Å². The van der Waals surface area contributed by atoms with Crippen molar-refractivity contribution in [3.63, 3.8) is 0 Å². The SMILES string of the molecule is N#Cc1ccc(Br)cc1NC1COCC1C(=O)O. The maximum absolute atomic E-state index is 11.0. The predicted octanol–water partition coefficient (Wildman–Crippen LogP) is 1.83. The maximum Gasteiger partial charge on any atom is 0.311 e. The predicted molar refractivity (Wildman–Crippen MR) is 68.2 cm³/mol. The topological polar surface area (TPSA) is 82.3 Å². The zero-order valence-corrected chi connectivity index (χ0v) is 11.0. The Morgan fingerprint density at radius 3 is 3.00 bits per heavy atom. The van der Waals surface area contributed by atoms with Crippen LogP contribution in [0.15, 0.2) is 22.7 Å². The van der Waals surface area contributed by atoms with Gasteiger partial charge in [0, 0.05) is 4.47 Å². The monoisotopic (exact) mass is 310 g/mol. The molecule has 2 rings (SSSR count). The van der Waals surface area contributed by atoms with E-state index >= 15 is 0 Å². The van der Waals surface area contributed by atoms with Crippen LogP contribution >= 0.6 is 15.9 Å². The average Bonchev–Trinajstić information content (AvgIpc) is 2.77. The Balaban J connectivity index is 2.21. The highest BCUT2D eigenvalue weighted by atomic mass is 79.9. The van der Waals surface area contributed by atoms with Gasteiger partial charge in [0.15, 0.2) is 0 Å². The molecular weight excluding hydrogens is 300 g/mol. The van der Waals surface area contributed by atoms with Gasteiger partial charge in [0.05, 0.1) is 30.5 Å². The van der Waals surface area contributed by atoms with E-state index in [0.29, 0.717) is 17.9 Å². The minimum atomic E-state index is -0.890. The van der Waals surface area contributed by atoms with E-state index in [1.807, 2.05) is 0 Å². The van der Waals surface area contributed by atoms with Gasteiger partial charge in [0.2, 0.25) is 0 Å². The normalized spacial score (nSPS) is 22.4. The second kappa shape index (κ2) is 5.38. The van der Waals surface area contributed by atoms with Crippen LogP contribution in [0.4, 0.5) is 5.69 Å². The molecule has 0 spiro atoms. The van der Waals surface area contributed by atoms with E-state index in [2.05, 4.69) is 27.3 Å². The van der Waals surface area contributed by atoms with Gasteiger partial charge in [-0.25, -0.2) is 0 Å². The Morgan fingerprint density at radius 1 is 1.56 bits per heavy atom. The van der Waals surface area contributed by atoms with Crippen molar-refractivity contribution in [3.8, 4) is 6.07 Å². The summed E-state index contributed by atoms with van der Waals surface area (Å²) in [5.74, 6) is -1.48. The van der Waals surface area contributed by atoms with Crippen LogP contribution in [-0.2, 0) is 9.53 Å². The fourth-order valence-electron chi connectivity index (χ4n) is 1.87. The summed E-state index contributed by atoms with van der Waals surface area (Å²) in [4.78, 5) is 11.0. The number of aliphatic carboxylic acids is 1. The summed E-state index contributed by atoms with van der Waals surface area (Å²) >= 11 is 3.32. The van der Waals surface area contributed by atoms with Gasteiger partial charge in [0.1, 0.15) is 12.0 Å². The molecule has 1 saturated heterocycles. The second-order valence-corrected chi connectivity index (χ2v) is 4.95. The van der Waals surface area contributed by atoms with Crippen molar-refractivity contribution in [1.29, 1.82) is 5.26 Å². The van der Waals surface area contributed by atoms with Crippen LogP contribution in [-0.4, -0.2) is 30.3 Å². The molecule has 2 atom stereocenters. The molecule has 6 heteroatoms. The zero-order chi connectivity index (χ0) is 13.1. The Kier molecular flexibility index (Phi) is 3.84. The maximum atomic E-state index is 11.0. The molecule has 1 aliphatic rings. The number of carboxylic acids is 1. The fourth-order valence-corrected chi connectivity index (χ4v) is 2.23. The van der Waals surface area contributed by atoms with Gasteiger partial charge < -0.3 is 15.2 Å². The average molecular weight is 311 g/mol. The molecule has 0 aromatic heterocycles. The molecule has 1 aliphatic heterocycles. The number of benzene rings is 1. The molecule has 1 aromatic rings. The minimum Gasteiger partial charge on any atom is -0.481 e. The van der Waals surface area contributed by atoms with Gasteiger partial charge in [-0.05, 0) is 18.2 Å². The number of carboxylic acid groups (broad SMARTS) is 1. The first-order valence-corrected chi connectivity index (χ1v) is 6.18. The van der Waals surface area contributed by atoms with Crippen LogP contribution in [0.25, 0.3) is 0 Å². The van der Waals surface area contributed by atoms with Crippen LogP contribution in [0.5, 0.6) is 0 Å². The fraction of sp³-hybridized carbons (Fsp3) is 0.333. The number of nitriles is 1. The van der Waals surface area contributed by atoms with E-state index < -0.39 is 11.9 Å². The van der Waals surface area contributed by atoms with E-state index in [9.17, 15) is 4.79 Å². The third-order valence-electron chi connectivity index (χ3n) is 2.84. The van der Waals surface area contributed by atoms with Crippen LogP contribution in [0.1, 0.15) is 5.56 Å². The summed E-state index contributed by atoms with van der Waals surface area (Å²) < 4.78 is 6.00. The summed E-state index contributed by atoms with van der Waals surface area (Å²) in [6, 6.07) is 6.96. The molecule has 0 saturated carbocycles. The number of nitrogens with one attached hydrogen (secondary N) is 1. The number of nitrogens with zero attached hydrogens (tertiary/aromatic N) is 1. The molecule has 0 radical (unpaired) electrons. The van der Waals surface area contributed by atoms with E-state index in [1.54, 1.807) is 18.2 Å².